The van der Waals surface area contributed by atoms with Crippen LogP contribution in [0.25, 0.3) is 0 Å². The van der Waals surface area contributed by atoms with E-state index in [2.05, 4.69) is 11.4 Å². The number of nitrogens with one attached hydrogen (secondary N) is 1. The van der Waals surface area contributed by atoms with Crippen molar-refractivity contribution in [2.24, 2.45) is 0 Å². The average molecular weight is 387 g/mol. The summed E-state index contributed by atoms with van der Waals surface area (Å²) in [5, 5.41) is 14.4. The molecule has 1 aliphatic rings. The molecule has 1 aliphatic heterocycles. The Morgan fingerprint density at radius 1 is 1.19 bits per heavy atom. The lowest BCUT2D eigenvalue weighted by molar-refractivity contribution is 0.0698. The van der Waals surface area contributed by atoms with Gasteiger partial charge in [0.2, 0.25) is 0 Å². The monoisotopic (exact) mass is 386 g/mol. The standard InChI is InChI=1S/C22H27ClN2O2/c1-15-11-16(2)13-17(12-15)21(26)14-24-18-7-9-25(10-8-18)22(27)19-5-3-4-6-20(19)23/h3-6,11-13,18,21,24,26H,7-10,14H2,1-2H3. The number of aryl methyl sites for hydroxylation is 2. The maximum atomic E-state index is 12.6. The van der Waals surface area contributed by atoms with Crippen LogP contribution < -0.4 is 5.32 Å². The molecule has 1 saturated heterocycles. The van der Waals surface area contributed by atoms with Crippen LogP contribution in [-0.2, 0) is 0 Å². The number of rotatable bonds is 5. The summed E-state index contributed by atoms with van der Waals surface area (Å²) in [5.74, 6) is -0.00526. The van der Waals surface area contributed by atoms with E-state index in [0.29, 0.717) is 36.3 Å². The van der Waals surface area contributed by atoms with Gasteiger partial charge in [0.15, 0.2) is 0 Å². The van der Waals surface area contributed by atoms with E-state index in [-0.39, 0.29) is 5.91 Å². The highest BCUT2D eigenvalue weighted by molar-refractivity contribution is 6.33. The number of nitrogens with zero attached hydrogens (tertiary/aromatic N) is 1. The molecule has 2 aromatic rings. The van der Waals surface area contributed by atoms with Crippen molar-refractivity contribution in [3.8, 4) is 0 Å². The van der Waals surface area contributed by atoms with Crippen molar-refractivity contribution in [2.45, 2.75) is 38.8 Å². The van der Waals surface area contributed by atoms with E-state index in [4.69, 9.17) is 11.6 Å². The van der Waals surface area contributed by atoms with Crippen LogP contribution in [0.15, 0.2) is 42.5 Å². The molecule has 0 saturated carbocycles. The summed E-state index contributed by atoms with van der Waals surface area (Å²) >= 11 is 6.14. The molecule has 144 valence electrons. The minimum absolute atomic E-state index is 0.00526. The van der Waals surface area contributed by atoms with Gasteiger partial charge in [-0.1, -0.05) is 53.1 Å². The van der Waals surface area contributed by atoms with Crippen LogP contribution in [-0.4, -0.2) is 41.6 Å². The third kappa shape index (κ3) is 5.10. The third-order valence-electron chi connectivity index (χ3n) is 5.12. The van der Waals surface area contributed by atoms with Crippen molar-refractivity contribution in [1.29, 1.82) is 0 Å². The van der Waals surface area contributed by atoms with E-state index in [9.17, 15) is 9.90 Å². The van der Waals surface area contributed by atoms with Crippen molar-refractivity contribution >= 4 is 17.5 Å². The molecule has 5 heteroatoms. The van der Waals surface area contributed by atoms with Gasteiger partial charge in [-0.15, -0.1) is 0 Å². The van der Waals surface area contributed by atoms with Gasteiger partial charge in [0.1, 0.15) is 0 Å². The number of benzene rings is 2. The first kappa shape index (κ1) is 19.9. The Bertz CT molecular complexity index is 780. The first-order valence-corrected chi connectivity index (χ1v) is 9.85. The lowest BCUT2D eigenvalue weighted by atomic mass is 10.0. The molecular weight excluding hydrogens is 360 g/mol. The molecule has 1 heterocycles. The molecule has 0 radical (unpaired) electrons. The molecule has 1 unspecified atom stereocenters. The molecule has 0 spiro atoms. The number of aliphatic hydroxyl groups excluding tert-OH is 1. The predicted octanol–water partition coefficient (Wildman–Crippen LogP) is 3.88. The van der Waals surface area contributed by atoms with Gasteiger partial charge in [0, 0.05) is 25.7 Å². The van der Waals surface area contributed by atoms with Gasteiger partial charge in [-0.05, 0) is 44.4 Å². The predicted molar refractivity (Wildman–Crippen MR) is 109 cm³/mol. The fourth-order valence-electron chi connectivity index (χ4n) is 3.69. The molecule has 27 heavy (non-hydrogen) atoms. The third-order valence-corrected chi connectivity index (χ3v) is 5.44. The second-order valence-corrected chi connectivity index (χ2v) is 7.80. The Hall–Kier alpha value is -1.88. The van der Waals surface area contributed by atoms with Gasteiger partial charge >= 0.3 is 0 Å². The molecule has 0 bridgehead atoms. The number of carbonyl (C=O) groups excluding carboxylic acids is 1. The van der Waals surface area contributed by atoms with E-state index in [1.807, 2.05) is 43.0 Å². The van der Waals surface area contributed by atoms with Gasteiger partial charge < -0.3 is 15.3 Å². The number of piperidine rings is 1. The van der Waals surface area contributed by atoms with E-state index in [1.165, 1.54) is 0 Å². The van der Waals surface area contributed by atoms with Crippen LogP contribution in [0, 0.1) is 13.8 Å². The normalized spacial score (nSPS) is 16.4. The van der Waals surface area contributed by atoms with Gasteiger partial charge in [0.05, 0.1) is 16.7 Å². The number of amides is 1. The molecule has 1 amide bonds. The highest BCUT2D eigenvalue weighted by Crippen LogP contribution is 2.21. The van der Waals surface area contributed by atoms with E-state index >= 15 is 0 Å². The summed E-state index contributed by atoms with van der Waals surface area (Å²) in [6.45, 7) is 6.00. The van der Waals surface area contributed by atoms with Crippen molar-refractivity contribution in [3.05, 3.63) is 69.7 Å². The van der Waals surface area contributed by atoms with Gasteiger partial charge in [-0.2, -0.15) is 0 Å². The molecule has 0 aliphatic carbocycles. The fourth-order valence-corrected chi connectivity index (χ4v) is 3.91. The molecule has 1 atom stereocenters. The number of aliphatic hydroxyl groups is 1. The summed E-state index contributed by atoms with van der Waals surface area (Å²) in [6.07, 6.45) is 1.22. The smallest absolute Gasteiger partial charge is 0.255 e. The summed E-state index contributed by atoms with van der Waals surface area (Å²) in [6, 6.07) is 13.7. The molecule has 4 nitrogen and oxygen atoms in total. The zero-order valence-electron chi connectivity index (χ0n) is 15.9. The quantitative estimate of drug-likeness (QED) is 0.819. The lowest BCUT2D eigenvalue weighted by Gasteiger charge is -2.33. The first-order chi connectivity index (χ1) is 12.9. The van der Waals surface area contributed by atoms with Crippen molar-refractivity contribution in [2.75, 3.05) is 19.6 Å². The van der Waals surface area contributed by atoms with Gasteiger partial charge in [0.25, 0.3) is 5.91 Å². The van der Waals surface area contributed by atoms with Crippen molar-refractivity contribution in [1.82, 2.24) is 10.2 Å². The average Bonchev–Trinajstić information content (AvgIpc) is 2.65. The maximum absolute atomic E-state index is 12.6. The highest BCUT2D eigenvalue weighted by atomic mass is 35.5. The van der Waals surface area contributed by atoms with Crippen LogP contribution in [0.4, 0.5) is 0 Å². The largest absolute Gasteiger partial charge is 0.387 e. The maximum Gasteiger partial charge on any atom is 0.255 e. The Morgan fingerprint density at radius 2 is 1.81 bits per heavy atom. The summed E-state index contributed by atoms with van der Waals surface area (Å²) in [4.78, 5) is 14.5. The number of hydrogen-bond donors (Lipinski definition) is 2. The van der Waals surface area contributed by atoms with Crippen molar-refractivity contribution < 1.29 is 9.90 Å². The van der Waals surface area contributed by atoms with Crippen LogP contribution >= 0.6 is 11.6 Å². The van der Waals surface area contributed by atoms with Gasteiger partial charge in [-0.25, -0.2) is 0 Å². The minimum Gasteiger partial charge on any atom is -0.387 e. The van der Waals surface area contributed by atoms with Crippen LogP contribution in [0.2, 0.25) is 5.02 Å². The van der Waals surface area contributed by atoms with Crippen molar-refractivity contribution in [3.63, 3.8) is 0 Å². The Kier molecular flexibility index (Phi) is 6.53. The molecule has 3 rings (SSSR count). The topological polar surface area (TPSA) is 52.6 Å². The lowest BCUT2D eigenvalue weighted by Crippen LogP contribution is -2.45. The Morgan fingerprint density at radius 3 is 2.44 bits per heavy atom. The number of halogens is 1. The zero-order valence-corrected chi connectivity index (χ0v) is 16.7. The first-order valence-electron chi connectivity index (χ1n) is 9.47. The van der Waals surface area contributed by atoms with Crippen LogP contribution in [0.5, 0.6) is 0 Å². The number of likely N-dealkylation sites (tertiary alicyclic amines) is 1. The van der Waals surface area contributed by atoms with Crippen LogP contribution in [0.3, 0.4) is 0 Å². The van der Waals surface area contributed by atoms with E-state index in [0.717, 1.165) is 29.5 Å². The fraction of sp³-hybridized carbons (Fsp3) is 0.409. The molecule has 0 aromatic heterocycles. The number of carbonyl (C=O) groups is 1. The summed E-state index contributed by atoms with van der Waals surface area (Å²) in [5.41, 5.74) is 3.84. The van der Waals surface area contributed by atoms with Gasteiger partial charge in [-0.3, -0.25) is 4.79 Å². The van der Waals surface area contributed by atoms with E-state index < -0.39 is 6.10 Å². The Labute approximate surface area is 166 Å². The number of hydrogen-bond acceptors (Lipinski definition) is 3. The molecule has 1 fully saturated rings. The molecule has 2 aromatic carbocycles. The van der Waals surface area contributed by atoms with E-state index in [1.54, 1.807) is 12.1 Å². The summed E-state index contributed by atoms with van der Waals surface area (Å²) in [7, 11) is 0. The minimum atomic E-state index is -0.522. The zero-order chi connectivity index (χ0) is 19.4. The van der Waals surface area contributed by atoms with Crippen LogP contribution in [0.1, 0.15) is 46.0 Å². The summed E-state index contributed by atoms with van der Waals surface area (Å²) < 4.78 is 0. The second kappa shape index (κ2) is 8.87. The Balaban J connectivity index is 1.49. The second-order valence-electron chi connectivity index (χ2n) is 7.39. The molecular formula is C22H27ClN2O2. The highest BCUT2D eigenvalue weighted by Gasteiger charge is 2.25. The SMILES string of the molecule is Cc1cc(C)cc(C(O)CNC2CCN(C(=O)c3ccccc3Cl)CC2)c1. The molecule has 2 N–H and O–H groups in total.